The summed E-state index contributed by atoms with van der Waals surface area (Å²) in [6, 6.07) is 17.2. The third-order valence-corrected chi connectivity index (χ3v) is 4.40. The number of carbonyl (C=O) groups excluding carboxylic acids is 2. The number of benzene rings is 2. The lowest BCUT2D eigenvalue weighted by molar-refractivity contribution is -0.140. The van der Waals surface area contributed by atoms with Crippen molar-refractivity contribution in [3.63, 3.8) is 0 Å². The topological polar surface area (TPSA) is 61.8 Å². The zero-order valence-electron chi connectivity index (χ0n) is 16.6. The van der Waals surface area contributed by atoms with E-state index in [1.807, 2.05) is 42.5 Å². The van der Waals surface area contributed by atoms with Crippen molar-refractivity contribution in [2.24, 2.45) is 5.92 Å². The third kappa shape index (κ3) is 8.25. The molecule has 0 spiro atoms. The van der Waals surface area contributed by atoms with E-state index in [1.165, 1.54) is 5.56 Å². The van der Waals surface area contributed by atoms with Crippen LogP contribution in [0, 0.1) is 5.92 Å². The Kier molecular flexibility index (Phi) is 9.05. The molecule has 2 rings (SSSR count). The van der Waals surface area contributed by atoms with Crippen molar-refractivity contribution >= 4 is 12.1 Å². The van der Waals surface area contributed by atoms with Crippen molar-refractivity contribution in [3.05, 3.63) is 65.7 Å². The number of carbonyl (C=O) groups is 2. The Balaban J connectivity index is 1.59. The summed E-state index contributed by atoms with van der Waals surface area (Å²) in [4.78, 5) is 23.2. The zero-order chi connectivity index (χ0) is 20.2. The molecule has 2 aromatic rings. The first-order valence-electron chi connectivity index (χ1n) is 9.70. The Labute approximate surface area is 166 Å². The van der Waals surface area contributed by atoms with E-state index >= 15 is 0 Å². The van der Waals surface area contributed by atoms with Gasteiger partial charge in [-0.3, -0.25) is 4.79 Å². The number of hydrogen-bond donors (Lipinski definition) is 0. The van der Waals surface area contributed by atoms with Crippen LogP contribution in [0.25, 0.3) is 0 Å². The van der Waals surface area contributed by atoms with Crippen LogP contribution in [0.2, 0.25) is 0 Å². The maximum absolute atomic E-state index is 11.7. The fourth-order valence-electron chi connectivity index (χ4n) is 2.56. The normalized spacial score (nSPS) is 11.5. The quantitative estimate of drug-likeness (QED) is 0.315. The molecule has 0 aliphatic carbocycles. The maximum atomic E-state index is 11.7. The van der Waals surface area contributed by atoms with Crippen LogP contribution in [0.5, 0.6) is 5.75 Å². The van der Waals surface area contributed by atoms with E-state index < -0.39 is 12.1 Å². The smallest absolute Gasteiger partial charge is 0.494 e. The van der Waals surface area contributed by atoms with Crippen LogP contribution in [0.3, 0.4) is 0 Å². The molecular formula is C23H28O5. The van der Waals surface area contributed by atoms with E-state index in [2.05, 4.69) is 30.7 Å². The van der Waals surface area contributed by atoms with Gasteiger partial charge in [0.25, 0.3) is 0 Å². The van der Waals surface area contributed by atoms with Gasteiger partial charge in [-0.15, -0.1) is 0 Å². The first-order chi connectivity index (χ1) is 13.6. The molecule has 0 radical (unpaired) electrons. The molecule has 2 aromatic carbocycles. The second kappa shape index (κ2) is 11.8. The molecule has 0 saturated heterocycles. The van der Waals surface area contributed by atoms with E-state index in [-0.39, 0.29) is 13.0 Å². The summed E-state index contributed by atoms with van der Waals surface area (Å²) in [6.07, 6.45) is 1.79. The highest BCUT2D eigenvalue weighted by Gasteiger charge is 2.12. The lowest BCUT2D eigenvalue weighted by Crippen LogP contribution is -2.14. The van der Waals surface area contributed by atoms with Gasteiger partial charge in [0.1, 0.15) is 12.4 Å². The van der Waals surface area contributed by atoms with E-state index in [0.29, 0.717) is 18.9 Å². The average molecular weight is 384 g/mol. The summed E-state index contributed by atoms with van der Waals surface area (Å²) >= 11 is 0. The summed E-state index contributed by atoms with van der Waals surface area (Å²) in [5.41, 5.74) is 2.12. The van der Waals surface area contributed by atoms with Gasteiger partial charge in [0.15, 0.2) is 0 Å². The molecule has 0 aromatic heterocycles. The number of esters is 1. The minimum absolute atomic E-state index is 0.0725. The molecule has 28 heavy (non-hydrogen) atoms. The maximum Gasteiger partial charge on any atom is 0.516 e. The van der Waals surface area contributed by atoms with Gasteiger partial charge in [0.2, 0.25) is 0 Å². The Morgan fingerprint density at radius 3 is 2.36 bits per heavy atom. The standard InChI is InChI=1S/C23H28O5/c1-3-18(2)16-19-11-13-21(14-12-19)26-15-7-10-22(24)28-23(25)27-17-20-8-5-4-6-9-20/h4-6,8-9,11-14,18H,3,7,10,15-17H2,1-2H3. The molecule has 1 unspecified atom stereocenters. The van der Waals surface area contributed by atoms with Crippen molar-refractivity contribution in [3.8, 4) is 5.75 Å². The monoisotopic (exact) mass is 384 g/mol. The minimum atomic E-state index is -0.980. The molecule has 5 heteroatoms. The molecule has 0 bridgehead atoms. The van der Waals surface area contributed by atoms with E-state index in [1.54, 1.807) is 0 Å². The number of ether oxygens (including phenoxy) is 3. The number of hydrogen-bond acceptors (Lipinski definition) is 5. The number of rotatable bonds is 10. The van der Waals surface area contributed by atoms with Crippen LogP contribution >= 0.6 is 0 Å². The molecule has 0 aliphatic heterocycles. The SMILES string of the molecule is CCC(C)Cc1ccc(OCCCC(=O)OC(=O)OCc2ccccc2)cc1. The van der Waals surface area contributed by atoms with Gasteiger partial charge in [0.05, 0.1) is 6.61 Å². The van der Waals surface area contributed by atoms with Crippen LogP contribution in [0.1, 0.15) is 44.2 Å². The Morgan fingerprint density at radius 2 is 1.68 bits per heavy atom. The molecule has 150 valence electrons. The molecule has 0 aliphatic rings. The van der Waals surface area contributed by atoms with Gasteiger partial charge in [-0.2, -0.15) is 0 Å². The fraction of sp³-hybridized carbons (Fsp3) is 0.391. The fourth-order valence-corrected chi connectivity index (χ4v) is 2.56. The highest BCUT2D eigenvalue weighted by atomic mass is 16.7. The first kappa shape index (κ1) is 21.5. The first-order valence-corrected chi connectivity index (χ1v) is 9.70. The van der Waals surface area contributed by atoms with Crippen molar-refractivity contribution in [1.82, 2.24) is 0 Å². The second-order valence-electron chi connectivity index (χ2n) is 6.81. The molecule has 1 atom stereocenters. The molecule has 5 nitrogen and oxygen atoms in total. The summed E-state index contributed by atoms with van der Waals surface area (Å²) < 4.78 is 15.2. The van der Waals surface area contributed by atoms with Gasteiger partial charge in [-0.05, 0) is 42.0 Å². The van der Waals surface area contributed by atoms with E-state index in [0.717, 1.165) is 24.2 Å². The van der Waals surface area contributed by atoms with Crippen molar-refractivity contribution in [2.45, 2.75) is 46.1 Å². The summed E-state index contributed by atoms with van der Waals surface area (Å²) in [7, 11) is 0. The average Bonchev–Trinajstić information content (AvgIpc) is 2.71. The predicted octanol–water partition coefficient (Wildman–Crippen LogP) is 5.31. The van der Waals surface area contributed by atoms with Gasteiger partial charge in [-0.1, -0.05) is 62.7 Å². The van der Waals surface area contributed by atoms with Gasteiger partial charge < -0.3 is 14.2 Å². The largest absolute Gasteiger partial charge is 0.516 e. The lowest BCUT2D eigenvalue weighted by atomic mass is 9.99. The van der Waals surface area contributed by atoms with Gasteiger partial charge in [0, 0.05) is 6.42 Å². The highest BCUT2D eigenvalue weighted by Crippen LogP contribution is 2.16. The van der Waals surface area contributed by atoms with Crippen LogP contribution in [0.15, 0.2) is 54.6 Å². The van der Waals surface area contributed by atoms with Crippen molar-refractivity contribution in [2.75, 3.05) is 6.61 Å². The molecule has 0 fully saturated rings. The van der Waals surface area contributed by atoms with Crippen LogP contribution < -0.4 is 4.74 Å². The Hall–Kier alpha value is -2.82. The van der Waals surface area contributed by atoms with Crippen molar-refractivity contribution < 1.29 is 23.8 Å². The van der Waals surface area contributed by atoms with Crippen molar-refractivity contribution in [1.29, 1.82) is 0 Å². The molecule has 0 N–H and O–H groups in total. The molecular weight excluding hydrogens is 356 g/mol. The summed E-state index contributed by atoms with van der Waals surface area (Å²) in [6.45, 7) is 4.87. The Bertz CT molecular complexity index is 724. The van der Waals surface area contributed by atoms with E-state index in [4.69, 9.17) is 9.47 Å². The zero-order valence-corrected chi connectivity index (χ0v) is 16.6. The van der Waals surface area contributed by atoms with Gasteiger partial charge >= 0.3 is 12.1 Å². The van der Waals surface area contributed by atoms with Crippen LogP contribution in [0.4, 0.5) is 4.79 Å². The predicted molar refractivity (Wildman–Crippen MR) is 107 cm³/mol. The van der Waals surface area contributed by atoms with Gasteiger partial charge in [-0.25, -0.2) is 4.79 Å². The molecule has 0 heterocycles. The Morgan fingerprint density at radius 1 is 0.964 bits per heavy atom. The third-order valence-electron chi connectivity index (χ3n) is 4.40. The van der Waals surface area contributed by atoms with E-state index in [9.17, 15) is 9.59 Å². The molecule has 0 amide bonds. The summed E-state index contributed by atoms with van der Waals surface area (Å²) in [5, 5.41) is 0. The van der Waals surface area contributed by atoms with Crippen LogP contribution in [-0.4, -0.2) is 18.7 Å². The minimum Gasteiger partial charge on any atom is -0.494 e. The van der Waals surface area contributed by atoms with Crippen LogP contribution in [-0.2, 0) is 27.3 Å². The second-order valence-corrected chi connectivity index (χ2v) is 6.81. The lowest BCUT2D eigenvalue weighted by Gasteiger charge is -2.10. The summed E-state index contributed by atoms with van der Waals surface area (Å²) in [5.74, 6) is 0.811. The highest BCUT2D eigenvalue weighted by molar-refractivity contribution is 5.81. The molecule has 0 saturated carbocycles.